The summed E-state index contributed by atoms with van der Waals surface area (Å²) in [5.74, 6) is 0.280. The van der Waals surface area contributed by atoms with Crippen molar-refractivity contribution < 1.29 is 22.8 Å². The average molecular weight is 330 g/mol. The maximum atomic E-state index is 10.7. The van der Waals surface area contributed by atoms with Crippen molar-refractivity contribution in [2.75, 3.05) is 20.2 Å². The van der Waals surface area contributed by atoms with Gasteiger partial charge in [-0.25, -0.2) is 0 Å². The molecule has 0 aliphatic heterocycles. The SMILES string of the molecule is CN(C[C@H](O)COc1cc(Cl)ccc1Cl)S(=O)(=O)O. The number of aliphatic hydroxyl groups is 1. The summed E-state index contributed by atoms with van der Waals surface area (Å²) in [6.45, 7) is -0.503. The highest BCUT2D eigenvalue weighted by atomic mass is 35.5. The van der Waals surface area contributed by atoms with E-state index in [-0.39, 0.29) is 18.9 Å². The van der Waals surface area contributed by atoms with E-state index in [0.29, 0.717) is 14.4 Å². The summed E-state index contributed by atoms with van der Waals surface area (Å²) in [6.07, 6.45) is -1.12. The van der Waals surface area contributed by atoms with Crippen molar-refractivity contribution in [1.29, 1.82) is 0 Å². The Morgan fingerprint density at radius 2 is 2.05 bits per heavy atom. The number of nitrogens with zero attached hydrogens (tertiary/aromatic N) is 1. The van der Waals surface area contributed by atoms with E-state index in [1.54, 1.807) is 6.07 Å². The van der Waals surface area contributed by atoms with E-state index in [1.807, 2.05) is 0 Å². The molecule has 0 bridgehead atoms. The number of likely N-dealkylation sites (N-methyl/N-ethyl adjacent to an activating group) is 1. The number of ether oxygens (including phenoxy) is 1. The zero-order chi connectivity index (χ0) is 14.6. The molecule has 1 rings (SSSR count). The molecular formula is C10H13Cl2NO5S. The van der Waals surface area contributed by atoms with Gasteiger partial charge in [0, 0.05) is 24.7 Å². The third kappa shape index (κ3) is 5.52. The Morgan fingerprint density at radius 1 is 1.42 bits per heavy atom. The van der Waals surface area contributed by atoms with Crippen molar-refractivity contribution in [2.24, 2.45) is 0 Å². The van der Waals surface area contributed by atoms with E-state index in [4.69, 9.17) is 32.5 Å². The summed E-state index contributed by atoms with van der Waals surface area (Å²) < 4.78 is 36.0. The largest absolute Gasteiger partial charge is 0.489 e. The van der Waals surface area contributed by atoms with Gasteiger partial charge in [-0.15, -0.1) is 0 Å². The van der Waals surface area contributed by atoms with Gasteiger partial charge in [-0.2, -0.15) is 12.7 Å². The van der Waals surface area contributed by atoms with Crippen LogP contribution < -0.4 is 4.74 Å². The lowest BCUT2D eigenvalue weighted by Crippen LogP contribution is -2.36. The smallest absolute Gasteiger partial charge is 0.335 e. The van der Waals surface area contributed by atoms with Crippen molar-refractivity contribution in [2.45, 2.75) is 6.10 Å². The third-order valence-electron chi connectivity index (χ3n) is 2.19. The van der Waals surface area contributed by atoms with Crippen molar-refractivity contribution in [3.63, 3.8) is 0 Å². The van der Waals surface area contributed by atoms with Crippen LogP contribution >= 0.6 is 23.2 Å². The van der Waals surface area contributed by atoms with Crippen LogP contribution in [0.15, 0.2) is 18.2 Å². The molecule has 0 aromatic heterocycles. The Balaban J connectivity index is 2.55. The van der Waals surface area contributed by atoms with Gasteiger partial charge >= 0.3 is 10.3 Å². The molecule has 1 atom stereocenters. The van der Waals surface area contributed by atoms with Crippen LogP contribution in [-0.4, -0.2) is 48.7 Å². The molecule has 0 aliphatic carbocycles. The normalized spacial score (nSPS) is 13.6. The highest BCUT2D eigenvalue weighted by molar-refractivity contribution is 7.83. The van der Waals surface area contributed by atoms with Crippen LogP contribution in [0, 0.1) is 0 Å². The van der Waals surface area contributed by atoms with Crippen LogP contribution in [0.5, 0.6) is 5.75 Å². The van der Waals surface area contributed by atoms with Crippen molar-refractivity contribution in [3.8, 4) is 5.75 Å². The fraction of sp³-hybridized carbons (Fsp3) is 0.400. The maximum absolute atomic E-state index is 10.7. The molecule has 0 fully saturated rings. The predicted molar refractivity (Wildman–Crippen MR) is 72.1 cm³/mol. The first-order valence-electron chi connectivity index (χ1n) is 5.15. The molecule has 0 radical (unpaired) electrons. The van der Waals surface area contributed by atoms with E-state index in [0.717, 1.165) is 7.05 Å². The van der Waals surface area contributed by atoms with Crippen molar-refractivity contribution >= 4 is 33.5 Å². The summed E-state index contributed by atoms with van der Waals surface area (Å²) in [5, 5.41) is 10.3. The Labute approximate surface area is 121 Å². The number of rotatable bonds is 6. The molecule has 0 unspecified atom stereocenters. The first-order chi connectivity index (χ1) is 8.70. The topological polar surface area (TPSA) is 87.1 Å². The fourth-order valence-corrected chi connectivity index (χ4v) is 1.91. The Kier molecular flexibility index (Phi) is 5.84. The Hall–Kier alpha value is -0.570. The molecule has 0 saturated carbocycles. The quantitative estimate of drug-likeness (QED) is 0.771. The Morgan fingerprint density at radius 3 is 2.63 bits per heavy atom. The predicted octanol–water partition coefficient (Wildman–Crippen LogP) is 1.47. The van der Waals surface area contributed by atoms with E-state index in [2.05, 4.69) is 0 Å². The molecule has 0 spiro atoms. The van der Waals surface area contributed by atoms with E-state index in [9.17, 15) is 13.5 Å². The van der Waals surface area contributed by atoms with Gasteiger partial charge in [-0.3, -0.25) is 4.55 Å². The molecule has 0 heterocycles. The number of hydrogen-bond acceptors (Lipinski definition) is 4. The number of benzene rings is 1. The van der Waals surface area contributed by atoms with Crippen LogP contribution in [0.4, 0.5) is 0 Å². The molecule has 1 aromatic rings. The lowest BCUT2D eigenvalue weighted by atomic mass is 10.3. The van der Waals surface area contributed by atoms with Gasteiger partial charge in [0.25, 0.3) is 0 Å². The van der Waals surface area contributed by atoms with Crippen LogP contribution in [0.25, 0.3) is 0 Å². The van der Waals surface area contributed by atoms with E-state index >= 15 is 0 Å². The minimum absolute atomic E-state index is 0.195. The zero-order valence-corrected chi connectivity index (χ0v) is 12.3. The number of aliphatic hydroxyl groups excluding tert-OH is 1. The second-order valence-electron chi connectivity index (χ2n) is 3.80. The second kappa shape index (κ2) is 6.74. The lowest BCUT2D eigenvalue weighted by molar-refractivity contribution is 0.0918. The lowest BCUT2D eigenvalue weighted by Gasteiger charge is -2.18. The van der Waals surface area contributed by atoms with E-state index < -0.39 is 16.4 Å². The second-order valence-corrected chi connectivity index (χ2v) is 6.16. The van der Waals surface area contributed by atoms with Gasteiger partial charge in [0.15, 0.2) is 0 Å². The van der Waals surface area contributed by atoms with Gasteiger partial charge in [0.05, 0.1) is 5.02 Å². The molecule has 108 valence electrons. The Bertz CT molecular complexity index is 537. The summed E-state index contributed by atoms with van der Waals surface area (Å²) in [5.41, 5.74) is 0. The highest BCUT2D eigenvalue weighted by Gasteiger charge is 2.18. The van der Waals surface area contributed by atoms with Gasteiger partial charge < -0.3 is 9.84 Å². The summed E-state index contributed by atoms with van der Waals surface area (Å²) in [7, 11) is -3.20. The highest BCUT2D eigenvalue weighted by Crippen LogP contribution is 2.27. The molecule has 0 aliphatic rings. The van der Waals surface area contributed by atoms with Crippen LogP contribution in [0.3, 0.4) is 0 Å². The molecule has 0 amide bonds. The van der Waals surface area contributed by atoms with Crippen LogP contribution in [0.2, 0.25) is 10.0 Å². The van der Waals surface area contributed by atoms with Gasteiger partial charge in [-0.1, -0.05) is 23.2 Å². The number of hydrogen-bond donors (Lipinski definition) is 2. The van der Waals surface area contributed by atoms with Crippen molar-refractivity contribution in [1.82, 2.24) is 4.31 Å². The van der Waals surface area contributed by atoms with E-state index in [1.165, 1.54) is 12.1 Å². The van der Waals surface area contributed by atoms with Gasteiger partial charge in [0.2, 0.25) is 0 Å². The van der Waals surface area contributed by atoms with Gasteiger partial charge in [0.1, 0.15) is 18.5 Å². The van der Waals surface area contributed by atoms with Crippen LogP contribution in [-0.2, 0) is 10.3 Å². The minimum atomic E-state index is -4.33. The minimum Gasteiger partial charge on any atom is -0.489 e. The maximum Gasteiger partial charge on any atom is 0.335 e. The molecular weight excluding hydrogens is 317 g/mol. The van der Waals surface area contributed by atoms with Crippen LogP contribution in [0.1, 0.15) is 0 Å². The fourth-order valence-electron chi connectivity index (χ4n) is 1.22. The monoisotopic (exact) mass is 329 g/mol. The molecule has 9 heteroatoms. The molecule has 0 saturated heterocycles. The first-order valence-corrected chi connectivity index (χ1v) is 7.30. The summed E-state index contributed by atoms with van der Waals surface area (Å²) in [4.78, 5) is 0. The molecule has 19 heavy (non-hydrogen) atoms. The van der Waals surface area contributed by atoms with Crippen molar-refractivity contribution in [3.05, 3.63) is 28.2 Å². The number of halogens is 2. The molecule has 6 nitrogen and oxygen atoms in total. The van der Waals surface area contributed by atoms with Gasteiger partial charge in [-0.05, 0) is 12.1 Å². The third-order valence-corrected chi connectivity index (χ3v) is 3.67. The average Bonchev–Trinajstić information content (AvgIpc) is 2.29. The zero-order valence-electron chi connectivity index (χ0n) is 9.95. The standard InChI is InChI=1S/C10H13Cl2NO5S/c1-13(19(15,16)17)5-8(14)6-18-10-4-7(11)2-3-9(10)12/h2-4,8,14H,5-6H2,1H3,(H,15,16,17)/t8-/m0/s1. The summed E-state index contributed by atoms with van der Waals surface area (Å²) >= 11 is 11.6. The molecule has 1 aromatic carbocycles. The first kappa shape index (κ1) is 16.5. The summed E-state index contributed by atoms with van der Waals surface area (Å²) in [6, 6.07) is 4.60. The molecule has 2 N–H and O–H groups in total.